The summed E-state index contributed by atoms with van der Waals surface area (Å²) in [5.41, 5.74) is 0.993. The number of nitrogens with one attached hydrogen (secondary N) is 1. The molecule has 0 radical (unpaired) electrons. The number of anilines is 2. The molecule has 1 aliphatic rings. The van der Waals surface area contributed by atoms with Gasteiger partial charge >= 0.3 is 0 Å². The normalized spacial score (nSPS) is 14.8. The summed E-state index contributed by atoms with van der Waals surface area (Å²) in [6.07, 6.45) is 0. The highest BCUT2D eigenvalue weighted by atomic mass is 32.2. The molecule has 2 heterocycles. The Kier molecular flexibility index (Phi) is 6.31. The molecular weight excluding hydrogens is 373 g/mol. The number of amides is 1. The Morgan fingerprint density at radius 3 is 2.58 bits per heavy atom. The molecule has 26 heavy (non-hydrogen) atoms. The van der Waals surface area contributed by atoms with E-state index in [2.05, 4.69) is 20.4 Å². The van der Waals surface area contributed by atoms with Crippen molar-refractivity contribution < 1.29 is 9.18 Å². The van der Waals surface area contributed by atoms with Gasteiger partial charge in [-0.15, -0.1) is 10.2 Å². The predicted octanol–water partition coefficient (Wildman–Crippen LogP) is 2.94. The first-order valence-corrected chi connectivity index (χ1v) is 10.3. The van der Waals surface area contributed by atoms with Crippen LogP contribution in [0.3, 0.4) is 0 Å². The van der Waals surface area contributed by atoms with Crippen LogP contribution in [-0.2, 0) is 4.79 Å². The number of halogens is 1. The maximum atomic E-state index is 13.0. The van der Waals surface area contributed by atoms with Crippen LogP contribution < -0.4 is 10.2 Å². The van der Waals surface area contributed by atoms with Gasteiger partial charge in [0.15, 0.2) is 4.34 Å². The lowest BCUT2D eigenvalue weighted by molar-refractivity contribution is -0.128. The molecule has 1 aromatic heterocycles. The number of benzene rings is 1. The molecule has 1 saturated heterocycles. The largest absolute Gasteiger partial charge is 0.368 e. The van der Waals surface area contributed by atoms with E-state index in [4.69, 9.17) is 0 Å². The average Bonchev–Trinajstić information content (AvgIpc) is 3.07. The minimum absolute atomic E-state index is 0.113. The van der Waals surface area contributed by atoms with E-state index in [1.807, 2.05) is 18.7 Å². The Bertz CT molecular complexity index is 729. The number of hydrogen-bond donors (Lipinski definition) is 1. The zero-order valence-corrected chi connectivity index (χ0v) is 16.4. The van der Waals surface area contributed by atoms with Gasteiger partial charge in [0.05, 0.1) is 5.75 Å². The zero-order chi connectivity index (χ0) is 18.5. The van der Waals surface area contributed by atoms with Crippen LogP contribution in [0.15, 0.2) is 28.6 Å². The maximum absolute atomic E-state index is 13.0. The molecule has 1 amide bonds. The number of carbonyl (C=O) groups is 1. The Balaban J connectivity index is 1.45. The lowest BCUT2D eigenvalue weighted by atomic mass is 10.2. The molecule has 0 aliphatic carbocycles. The van der Waals surface area contributed by atoms with Crippen LogP contribution in [0.5, 0.6) is 0 Å². The van der Waals surface area contributed by atoms with E-state index in [0.29, 0.717) is 24.9 Å². The van der Waals surface area contributed by atoms with Gasteiger partial charge in [0.2, 0.25) is 11.0 Å². The smallest absolute Gasteiger partial charge is 0.233 e. The van der Waals surface area contributed by atoms with Crippen molar-refractivity contribution in [2.75, 3.05) is 42.1 Å². The molecule has 0 spiro atoms. The standard InChI is InChI=1S/C17H22FN5OS2/c1-12(2)19-16-20-21-17(26-16)25-11-15(24)23-9-7-22(8-10-23)14-5-3-13(18)4-6-14/h3-6,12H,7-11H2,1-2H3,(H,19,20). The van der Waals surface area contributed by atoms with Crippen molar-refractivity contribution in [3.05, 3.63) is 30.1 Å². The van der Waals surface area contributed by atoms with E-state index in [-0.39, 0.29) is 11.7 Å². The van der Waals surface area contributed by atoms with Crippen LogP contribution in [0, 0.1) is 5.82 Å². The van der Waals surface area contributed by atoms with Gasteiger partial charge in [-0.1, -0.05) is 23.1 Å². The van der Waals surface area contributed by atoms with E-state index < -0.39 is 0 Å². The third-order valence-corrected chi connectivity index (χ3v) is 5.93. The number of piperazine rings is 1. The fourth-order valence-corrected chi connectivity index (χ4v) is 4.45. The van der Waals surface area contributed by atoms with Crippen LogP contribution in [0.25, 0.3) is 0 Å². The number of rotatable bonds is 6. The molecule has 6 nitrogen and oxygen atoms in total. The molecule has 0 saturated carbocycles. The van der Waals surface area contributed by atoms with Crippen LogP contribution in [-0.4, -0.2) is 59.0 Å². The second kappa shape index (κ2) is 8.68. The van der Waals surface area contributed by atoms with Crippen molar-refractivity contribution in [1.29, 1.82) is 0 Å². The van der Waals surface area contributed by atoms with E-state index in [9.17, 15) is 9.18 Å². The van der Waals surface area contributed by atoms with Crippen molar-refractivity contribution >= 4 is 39.8 Å². The Labute approximate surface area is 160 Å². The number of thioether (sulfide) groups is 1. The van der Waals surface area contributed by atoms with Gasteiger partial charge in [-0.3, -0.25) is 4.79 Å². The summed E-state index contributed by atoms with van der Waals surface area (Å²) >= 11 is 2.90. The summed E-state index contributed by atoms with van der Waals surface area (Å²) in [5.74, 6) is 0.248. The second-order valence-corrected chi connectivity index (χ2v) is 8.51. The minimum Gasteiger partial charge on any atom is -0.368 e. The van der Waals surface area contributed by atoms with Gasteiger partial charge < -0.3 is 15.1 Å². The van der Waals surface area contributed by atoms with Crippen LogP contribution >= 0.6 is 23.1 Å². The predicted molar refractivity (Wildman–Crippen MR) is 105 cm³/mol. The number of nitrogens with zero attached hydrogens (tertiary/aromatic N) is 4. The second-order valence-electron chi connectivity index (χ2n) is 6.31. The SMILES string of the molecule is CC(C)Nc1nnc(SCC(=O)N2CCN(c3ccc(F)cc3)CC2)s1. The summed E-state index contributed by atoms with van der Waals surface area (Å²) in [4.78, 5) is 16.5. The summed E-state index contributed by atoms with van der Waals surface area (Å²) in [7, 11) is 0. The first-order valence-electron chi connectivity index (χ1n) is 8.52. The van der Waals surface area contributed by atoms with Gasteiger partial charge in [-0.2, -0.15) is 0 Å². The van der Waals surface area contributed by atoms with Crippen LogP contribution in [0.4, 0.5) is 15.2 Å². The maximum Gasteiger partial charge on any atom is 0.233 e. The third-order valence-electron chi connectivity index (χ3n) is 3.96. The summed E-state index contributed by atoms with van der Waals surface area (Å²) in [6.45, 7) is 6.94. The molecule has 3 rings (SSSR count). The molecular formula is C17H22FN5OS2. The summed E-state index contributed by atoms with van der Waals surface area (Å²) in [5, 5.41) is 12.2. The fourth-order valence-electron chi connectivity index (χ4n) is 2.65. The van der Waals surface area contributed by atoms with Crippen molar-refractivity contribution in [1.82, 2.24) is 15.1 Å². The highest BCUT2D eigenvalue weighted by Crippen LogP contribution is 2.26. The molecule has 0 bridgehead atoms. The molecule has 140 valence electrons. The van der Waals surface area contributed by atoms with Crippen LogP contribution in [0.2, 0.25) is 0 Å². The van der Waals surface area contributed by atoms with Gasteiger partial charge in [0.1, 0.15) is 5.82 Å². The van der Waals surface area contributed by atoms with Gasteiger partial charge in [-0.25, -0.2) is 4.39 Å². The van der Waals surface area contributed by atoms with Crippen molar-refractivity contribution in [2.45, 2.75) is 24.2 Å². The molecule has 1 fully saturated rings. The average molecular weight is 396 g/mol. The Morgan fingerprint density at radius 2 is 1.92 bits per heavy atom. The highest BCUT2D eigenvalue weighted by molar-refractivity contribution is 8.01. The van der Waals surface area contributed by atoms with Crippen molar-refractivity contribution in [3.8, 4) is 0 Å². The zero-order valence-electron chi connectivity index (χ0n) is 14.8. The number of carbonyl (C=O) groups excluding carboxylic acids is 1. The van der Waals surface area contributed by atoms with Crippen molar-refractivity contribution in [3.63, 3.8) is 0 Å². The minimum atomic E-state index is -0.233. The topological polar surface area (TPSA) is 61.4 Å². The molecule has 0 unspecified atom stereocenters. The Morgan fingerprint density at radius 1 is 1.23 bits per heavy atom. The first-order chi connectivity index (χ1) is 12.5. The van der Waals surface area contributed by atoms with E-state index in [1.165, 1.54) is 35.2 Å². The Hall–Kier alpha value is -1.87. The monoisotopic (exact) mass is 395 g/mol. The molecule has 0 atom stereocenters. The summed E-state index contributed by atoms with van der Waals surface area (Å²) < 4.78 is 13.8. The van der Waals surface area contributed by atoms with Crippen LogP contribution in [0.1, 0.15) is 13.8 Å². The quantitative estimate of drug-likeness (QED) is 0.759. The first kappa shape index (κ1) is 18.9. The van der Waals surface area contributed by atoms with E-state index in [1.54, 1.807) is 12.1 Å². The lowest BCUT2D eigenvalue weighted by Crippen LogP contribution is -2.49. The van der Waals surface area contributed by atoms with Gasteiger partial charge in [0.25, 0.3) is 0 Å². The molecule has 2 aromatic rings. The molecule has 1 aromatic carbocycles. The van der Waals surface area contributed by atoms with Crippen molar-refractivity contribution in [2.24, 2.45) is 0 Å². The van der Waals surface area contributed by atoms with E-state index >= 15 is 0 Å². The van der Waals surface area contributed by atoms with Gasteiger partial charge in [0, 0.05) is 37.9 Å². The lowest BCUT2D eigenvalue weighted by Gasteiger charge is -2.36. The molecule has 1 aliphatic heterocycles. The molecule has 9 heteroatoms. The summed E-state index contributed by atoms with van der Waals surface area (Å²) in [6, 6.07) is 6.80. The number of aromatic nitrogens is 2. The molecule has 1 N–H and O–H groups in total. The van der Waals surface area contributed by atoms with E-state index in [0.717, 1.165) is 28.2 Å². The highest BCUT2D eigenvalue weighted by Gasteiger charge is 2.21. The van der Waals surface area contributed by atoms with Gasteiger partial charge in [-0.05, 0) is 38.1 Å². The third kappa shape index (κ3) is 5.07. The fraction of sp³-hybridized carbons (Fsp3) is 0.471. The number of hydrogen-bond acceptors (Lipinski definition) is 7.